The molecule has 0 aromatic heterocycles. The Morgan fingerprint density at radius 1 is 0.850 bits per heavy atom. The van der Waals surface area contributed by atoms with Gasteiger partial charge in [0.25, 0.3) is 0 Å². The van der Waals surface area contributed by atoms with Crippen LogP contribution in [0.15, 0.2) is 73.8 Å². The molecule has 0 heterocycles. The minimum absolute atomic E-state index is 0. The number of hydrogen-bond donors (Lipinski definition) is 0. The molecule has 20 heavy (non-hydrogen) atoms. The van der Waals surface area contributed by atoms with Crippen molar-refractivity contribution in [2.24, 2.45) is 0 Å². The fourth-order valence-corrected chi connectivity index (χ4v) is 3.42. The van der Waals surface area contributed by atoms with Gasteiger partial charge in [-0.3, -0.25) is 0 Å². The van der Waals surface area contributed by atoms with E-state index in [2.05, 4.69) is 61.7 Å². The molecular formula is C18H20BrP. The van der Waals surface area contributed by atoms with Crippen LogP contribution in [0.3, 0.4) is 0 Å². The first-order chi connectivity index (χ1) is 9.35. The van der Waals surface area contributed by atoms with Gasteiger partial charge in [-0.15, -0.1) is 30.1 Å². The fraction of sp³-hybridized carbons (Fsp3) is 0.111. The van der Waals surface area contributed by atoms with Crippen molar-refractivity contribution >= 4 is 36.2 Å². The third-order valence-corrected chi connectivity index (χ3v) is 4.40. The largest absolute Gasteiger partial charge is 0.114 e. The molecule has 2 rings (SSSR count). The number of halogens is 1. The van der Waals surface area contributed by atoms with Crippen molar-refractivity contribution in [3.05, 3.63) is 85.0 Å². The van der Waals surface area contributed by atoms with Gasteiger partial charge in [-0.25, -0.2) is 0 Å². The molecule has 0 saturated heterocycles. The molecule has 1 unspecified atom stereocenters. The smallest absolute Gasteiger partial charge is 0.00909 e. The summed E-state index contributed by atoms with van der Waals surface area (Å²) < 4.78 is 0. The van der Waals surface area contributed by atoms with Gasteiger partial charge in [-0.1, -0.05) is 69.3 Å². The van der Waals surface area contributed by atoms with Gasteiger partial charge in [0.2, 0.25) is 0 Å². The lowest BCUT2D eigenvalue weighted by Crippen LogP contribution is -2.11. The number of allylic oxidation sites excluding steroid dienone is 2. The topological polar surface area (TPSA) is 0 Å². The third-order valence-electron chi connectivity index (χ3n) is 3.04. The molecule has 0 amide bonds. The average Bonchev–Trinajstić information content (AvgIpc) is 2.44. The Labute approximate surface area is 134 Å². The van der Waals surface area contributed by atoms with Crippen LogP contribution in [-0.2, 0) is 12.8 Å². The summed E-state index contributed by atoms with van der Waals surface area (Å²) in [5, 5.41) is 2.80. The molecule has 0 aliphatic carbocycles. The van der Waals surface area contributed by atoms with Gasteiger partial charge < -0.3 is 0 Å². The molecule has 0 spiro atoms. The zero-order chi connectivity index (χ0) is 13.5. The maximum absolute atomic E-state index is 3.88. The van der Waals surface area contributed by atoms with Crippen molar-refractivity contribution in [2.45, 2.75) is 12.8 Å². The molecule has 2 aromatic carbocycles. The number of rotatable bonds is 6. The summed E-state index contributed by atoms with van der Waals surface area (Å²) in [5.74, 6) is 0. The molecule has 104 valence electrons. The van der Waals surface area contributed by atoms with Crippen LogP contribution in [0.25, 0.3) is 0 Å². The zero-order valence-corrected chi connectivity index (χ0v) is 14.2. The molecule has 0 radical (unpaired) electrons. The van der Waals surface area contributed by atoms with E-state index in [-0.39, 0.29) is 17.0 Å². The minimum atomic E-state index is 0. The lowest BCUT2D eigenvalue weighted by molar-refractivity contribution is 1.17. The van der Waals surface area contributed by atoms with Gasteiger partial charge in [0.1, 0.15) is 0 Å². The predicted octanol–water partition coefficient (Wildman–Crippen LogP) is 4.35. The second-order valence-corrected chi connectivity index (χ2v) is 5.79. The van der Waals surface area contributed by atoms with E-state index in [0.29, 0.717) is 8.58 Å². The van der Waals surface area contributed by atoms with E-state index in [1.807, 2.05) is 12.2 Å². The zero-order valence-electron chi connectivity index (χ0n) is 11.5. The molecule has 0 fully saturated rings. The maximum Gasteiger partial charge on any atom is -0.00909 e. The number of benzene rings is 2. The van der Waals surface area contributed by atoms with Crippen LogP contribution in [0.4, 0.5) is 0 Å². The van der Waals surface area contributed by atoms with Crippen molar-refractivity contribution in [1.82, 2.24) is 0 Å². The van der Waals surface area contributed by atoms with Crippen LogP contribution in [0.5, 0.6) is 0 Å². The molecule has 0 nitrogen and oxygen atoms in total. The minimum Gasteiger partial charge on any atom is -0.114 e. The Morgan fingerprint density at radius 2 is 1.55 bits per heavy atom. The molecule has 0 aliphatic rings. The Kier molecular flexibility index (Phi) is 7.51. The molecule has 0 saturated carbocycles. The molecule has 2 heteroatoms. The second kappa shape index (κ2) is 8.89. The van der Waals surface area contributed by atoms with Gasteiger partial charge in [0.15, 0.2) is 0 Å². The van der Waals surface area contributed by atoms with Crippen molar-refractivity contribution < 1.29 is 0 Å². The molecule has 0 aliphatic heterocycles. The Morgan fingerprint density at radius 3 is 2.20 bits per heavy atom. The van der Waals surface area contributed by atoms with E-state index in [0.717, 1.165) is 12.8 Å². The molecule has 1 atom stereocenters. The first kappa shape index (κ1) is 16.9. The van der Waals surface area contributed by atoms with E-state index in [4.69, 9.17) is 0 Å². The normalized spacial score (nSPS) is 10.2. The van der Waals surface area contributed by atoms with Crippen LogP contribution < -0.4 is 10.6 Å². The van der Waals surface area contributed by atoms with E-state index < -0.39 is 0 Å². The highest BCUT2D eigenvalue weighted by molar-refractivity contribution is 8.93. The van der Waals surface area contributed by atoms with E-state index in [1.54, 1.807) is 0 Å². The number of hydrogen-bond acceptors (Lipinski definition) is 0. The quantitative estimate of drug-likeness (QED) is 0.538. The third kappa shape index (κ3) is 4.44. The Balaban J connectivity index is 0.00000200. The summed E-state index contributed by atoms with van der Waals surface area (Å²) in [6.07, 6.45) is 5.81. The molecule has 2 aromatic rings. The van der Waals surface area contributed by atoms with Crippen LogP contribution in [-0.4, -0.2) is 0 Å². The monoisotopic (exact) mass is 346 g/mol. The van der Waals surface area contributed by atoms with Crippen molar-refractivity contribution in [3.8, 4) is 0 Å². The van der Waals surface area contributed by atoms with Crippen LogP contribution >= 0.6 is 25.6 Å². The summed E-state index contributed by atoms with van der Waals surface area (Å²) in [4.78, 5) is 0. The lowest BCUT2D eigenvalue weighted by Gasteiger charge is -2.13. The van der Waals surface area contributed by atoms with Gasteiger partial charge in [-0.2, -0.15) is 0 Å². The van der Waals surface area contributed by atoms with E-state index in [9.17, 15) is 0 Å². The summed E-state index contributed by atoms with van der Waals surface area (Å²) in [6.45, 7) is 7.73. The molecule has 0 bridgehead atoms. The Hall–Kier alpha value is -1.17. The van der Waals surface area contributed by atoms with Crippen molar-refractivity contribution in [1.29, 1.82) is 0 Å². The van der Waals surface area contributed by atoms with Gasteiger partial charge in [-0.05, 0) is 34.6 Å². The highest BCUT2D eigenvalue weighted by atomic mass is 79.9. The fourth-order valence-electron chi connectivity index (χ4n) is 2.16. The summed E-state index contributed by atoms with van der Waals surface area (Å²) in [5.41, 5.74) is 2.79. The highest BCUT2D eigenvalue weighted by Gasteiger charge is 2.06. The van der Waals surface area contributed by atoms with Crippen LogP contribution in [0.2, 0.25) is 0 Å². The van der Waals surface area contributed by atoms with Gasteiger partial charge in [0, 0.05) is 0 Å². The van der Waals surface area contributed by atoms with Crippen molar-refractivity contribution in [2.75, 3.05) is 0 Å². The first-order valence-electron chi connectivity index (χ1n) is 6.49. The standard InChI is InChI=1S/C18H19P.BrH/c1-3-9-15-11-8-14-18(17(15)10-4-2)19-16-12-6-5-7-13-16;/h3-8,11-14,19H,1-2,9-10H2;1H. The summed E-state index contributed by atoms with van der Waals surface area (Å²) in [6, 6.07) is 17.2. The summed E-state index contributed by atoms with van der Waals surface area (Å²) >= 11 is 0. The molecule has 0 N–H and O–H groups in total. The lowest BCUT2D eigenvalue weighted by atomic mass is 10.0. The first-order valence-corrected chi connectivity index (χ1v) is 7.49. The van der Waals surface area contributed by atoms with Crippen LogP contribution in [0, 0.1) is 0 Å². The second-order valence-electron chi connectivity index (χ2n) is 4.42. The van der Waals surface area contributed by atoms with Gasteiger partial charge >= 0.3 is 0 Å². The summed E-state index contributed by atoms with van der Waals surface area (Å²) in [7, 11) is 0.704. The highest BCUT2D eigenvalue weighted by Crippen LogP contribution is 2.18. The van der Waals surface area contributed by atoms with E-state index in [1.165, 1.54) is 21.7 Å². The van der Waals surface area contributed by atoms with E-state index >= 15 is 0 Å². The van der Waals surface area contributed by atoms with Gasteiger partial charge in [0.05, 0.1) is 0 Å². The Bertz CT molecular complexity index is 561. The molecular weight excluding hydrogens is 327 g/mol. The van der Waals surface area contributed by atoms with Crippen molar-refractivity contribution in [3.63, 3.8) is 0 Å². The SMILES string of the molecule is Br.C=CCc1cccc(Pc2ccccc2)c1CC=C. The predicted molar refractivity (Wildman–Crippen MR) is 98.6 cm³/mol. The maximum atomic E-state index is 3.88. The van der Waals surface area contributed by atoms with Crippen LogP contribution in [0.1, 0.15) is 11.1 Å². The average molecular weight is 347 g/mol.